The average molecular weight is 311 g/mol. The van der Waals surface area contributed by atoms with Gasteiger partial charge in [-0.15, -0.1) is 0 Å². The van der Waals surface area contributed by atoms with Gasteiger partial charge in [0.25, 0.3) is 0 Å². The lowest BCUT2D eigenvalue weighted by Crippen LogP contribution is -2.46. The van der Waals surface area contributed by atoms with E-state index in [1.165, 1.54) is 12.1 Å². The fraction of sp³-hybridized carbons (Fsp3) is 0.500. The van der Waals surface area contributed by atoms with Crippen LogP contribution in [0.4, 0.5) is 5.69 Å². The molecule has 0 aliphatic carbocycles. The van der Waals surface area contributed by atoms with Gasteiger partial charge in [-0.25, -0.2) is 8.42 Å². The third-order valence-corrected chi connectivity index (χ3v) is 5.20. The summed E-state index contributed by atoms with van der Waals surface area (Å²) in [7, 11) is -3.19. The van der Waals surface area contributed by atoms with Gasteiger partial charge in [-0.1, -0.05) is 6.92 Å². The molecular formula is C14H21N3O3S. The quantitative estimate of drug-likeness (QED) is 0.819. The van der Waals surface area contributed by atoms with Crippen molar-refractivity contribution in [2.75, 3.05) is 43.8 Å². The zero-order chi connectivity index (χ0) is 15.3. The van der Waals surface area contributed by atoms with Gasteiger partial charge in [-0.05, 0) is 24.3 Å². The molecule has 116 valence electrons. The second-order valence-corrected chi connectivity index (χ2v) is 7.28. The molecule has 1 aliphatic heterocycles. The number of hydrogen-bond donors (Lipinski definition) is 2. The van der Waals surface area contributed by atoms with E-state index in [4.69, 9.17) is 0 Å². The first-order valence-electron chi connectivity index (χ1n) is 7.07. The van der Waals surface area contributed by atoms with Crippen molar-refractivity contribution in [3.05, 3.63) is 24.3 Å². The van der Waals surface area contributed by atoms with E-state index in [-0.39, 0.29) is 16.6 Å². The first-order valence-corrected chi connectivity index (χ1v) is 8.72. The van der Waals surface area contributed by atoms with Crippen molar-refractivity contribution in [2.24, 2.45) is 0 Å². The molecule has 0 saturated carbocycles. The zero-order valence-corrected chi connectivity index (χ0v) is 12.9. The Morgan fingerprint density at radius 1 is 1.24 bits per heavy atom. The molecule has 1 amide bonds. The molecule has 7 heteroatoms. The number of carbonyl (C=O) groups is 1. The Kier molecular flexibility index (Phi) is 5.33. The Balaban J connectivity index is 1.92. The molecule has 1 aromatic carbocycles. The van der Waals surface area contributed by atoms with Crippen LogP contribution in [0, 0.1) is 0 Å². The molecular weight excluding hydrogens is 290 g/mol. The Morgan fingerprint density at radius 3 is 2.43 bits per heavy atom. The third kappa shape index (κ3) is 4.52. The van der Waals surface area contributed by atoms with E-state index < -0.39 is 9.84 Å². The van der Waals surface area contributed by atoms with E-state index in [1.54, 1.807) is 19.1 Å². The molecule has 6 nitrogen and oxygen atoms in total. The van der Waals surface area contributed by atoms with Crippen LogP contribution in [0.25, 0.3) is 0 Å². The Morgan fingerprint density at radius 2 is 1.86 bits per heavy atom. The van der Waals surface area contributed by atoms with E-state index in [0.717, 1.165) is 26.2 Å². The van der Waals surface area contributed by atoms with Gasteiger partial charge in [-0.2, -0.15) is 0 Å². The number of nitrogens with one attached hydrogen (secondary N) is 2. The average Bonchev–Trinajstić information content (AvgIpc) is 2.48. The number of piperazine rings is 1. The molecule has 0 unspecified atom stereocenters. The highest BCUT2D eigenvalue weighted by molar-refractivity contribution is 7.91. The molecule has 1 heterocycles. The molecule has 1 fully saturated rings. The van der Waals surface area contributed by atoms with Gasteiger partial charge in [-0.3, -0.25) is 9.69 Å². The SMILES string of the molecule is CCS(=O)(=O)c1ccc(NC(=O)CN2CCNCC2)cc1. The van der Waals surface area contributed by atoms with E-state index in [9.17, 15) is 13.2 Å². The van der Waals surface area contributed by atoms with Gasteiger partial charge in [0.05, 0.1) is 17.2 Å². The van der Waals surface area contributed by atoms with Gasteiger partial charge in [0.1, 0.15) is 0 Å². The van der Waals surface area contributed by atoms with Crippen LogP contribution in [-0.4, -0.2) is 57.7 Å². The predicted octanol–water partition coefficient (Wildman–Crippen LogP) is 0.324. The first-order chi connectivity index (χ1) is 10.0. The number of amides is 1. The van der Waals surface area contributed by atoms with Gasteiger partial charge in [0.2, 0.25) is 5.91 Å². The van der Waals surface area contributed by atoms with Crippen LogP contribution in [0.3, 0.4) is 0 Å². The van der Waals surface area contributed by atoms with Gasteiger partial charge >= 0.3 is 0 Å². The molecule has 0 atom stereocenters. The van der Waals surface area contributed by atoms with Crippen LogP contribution in [0.1, 0.15) is 6.92 Å². The highest BCUT2D eigenvalue weighted by Gasteiger charge is 2.14. The lowest BCUT2D eigenvalue weighted by molar-refractivity contribution is -0.117. The summed E-state index contributed by atoms with van der Waals surface area (Å²) in [6, 6.07) is 6.30. The van der Waals surface area contributed by atoms with Crippen molar-refractivity contribution in [1.29, 1.82) is 0 Å². The fourth-order valence-electron chi connectivity index (χ4n) is 2.19. The minimum atomic E-state index is -3.19. The first kappa shape index (κ1) is 15.9. The summed E-state index contributed by atoms with van der Waals surface area (Å²) >= 11 is 0. The Hall–Kier alpha value is -1.44. The second kappa shape index (κ2) is 7.02. The van der Waals surface area contributed by atoms with E-state index in [0.29, 0.717) is 12.2 Å². The second-order valence-electron chi connectivity index (χ2n) is 5.00. The molecule has 21 heavy (non-hydrogen) atoms. The van der Waals surface area contributed by atoms with Crippen LogP contribution in [0.15, 0.2) is 29.2 Å². The van der Waals surface area contributed by atoms with Gasteiger partial charge in [0.15, 0.2) is 9.84 Å². The van der Waals surface area contributed by atoms with Crippen molar-refractivity contribution in [2.45, 2.75) is 11.8 Å². The smallest absolute Gasteiger partial charge is 0.238 e. The number of benzene rings is 1. The summed E-state index contributed by atoms with van der Waals surface area (Å²) in [5, 5.41) is 6.02. The van der Waals surface area contributed by atoms with E-state index >= 15 is 0 Å². The summed E-state index contributed by atoms with van der Waals surface area (Å²) in [5.74, 6) is -0.00942. The Bertz CT molecular complexity index is 578. The van der Waals surface area contributed by atoms with Crippen molar-refractivity contribution in [1.82, 2.24) is 10.2 Å². The highest BCUT2D eigenvalue weighted by atomic mass is 32.2. The number of nitrogens with zero attached hydrogens (tertiary/aromatic N) is 1. The van der Waals surface area contributed by atoms with Crippen LogP contribution in [-0.2, 0) is 14.6 Å². The monoisotopic (exact) mass is 311 g/mol. The number of rotatable bonds is 5. The maximum atomic E-state index is 11.9. The Labute approximate surface area is 125 Å². The van der Waals surface area contributed by atoms with Crippen molar-refractivity contribution >= 4 is 21.4 Å². The van der Waals surface area contributed by atoms with Gasteiger partial charge < -0.3 is 10.6 Å². The lowest BCUT2D eigenvalue weighted by atomic mass is 10.3. The molecule has 0 spiro atoms. The van der Waals surface area contributed by atoms with Crippen molar-refractivity contribution in [3.63, 3.8) is 0 Å². The van der Waals surface area contributed by atoms with Crippen LogP contribution in [0.5, 0.6) is 0 Å². The molecule has 0 bridgehead atoms. The fourth-order valence-corrected chi connectivity index (χ4v) is 3.07. The summed E-state index contributed by atoms with van der Waals surface area (Å²) in [5.41, 5.74) is 0.616. The maximum Gasteiger partial charge on any atom is 0.238 e. The third-order valence-electron chi connectivity index (χ3n) is 3.45. The largest absolute Gasteiger partial charge is 0.325 e. The van der Waals surface area contributed by atoms with E-state index in [1.807, 2.05) is 0 Å². The molecule has 1 saturated heterocycles. The highest BCUT2D eigenvalue weighted by Crippen LogP contribution is 2.15. The predicted molar refractivity (Wildman–Crippen MR) is 82.1 cm³/mol. The molecule has 0 radical (unpaired) electrons. The summed E-state index contributed by atoms with van der Waals surface area (Å²) < 4.78 is 23.4. The number of hydrogen-bond acceptors (Lipinski definition) is 5. The summed E-state index contributed by atoms with van der Waals surface area (Å²) in [6.07, 6.45) is 0. The topological polar surface area (TPSA) is 78.5 Å². The maximum absolute atomic E-state index is 11.9. The zero-order valence-electron chi connectivity index (χ0n) is 12.1. The minimum absolute atomic E-state index is 0.0711. The van der Waals surface area contributed by atoms with Crippen LogP contribution < -0.4 is 10.6 Å². The number of anilines is 1. The summed E-state index contributed by atoms with van der Waals surface area (Å²) in [6.45, 7) is 5.49. The van der Waals surface area contributed by atoms with Crippen LogP contribution >= 0.6 is 0 Å². The molecule has 1 aliphatic rings. The van der Waals surface area contributed by atoms with Gasteiger partial charge in [0, 0.05) is 31.9 Å². The number of sulfone groups is 1. The summed E-state index contributed by atoms with van der Waals surface area (Å²) in [4.78, 5) is 14.3. The van der Waals surface area contributed by atoms with Crippen molar-refractivity contribution < 1.29 is 13.2 Å². The molecule has 2 N–H and O–H groups in total. The standard InChI is InChI=1S/C14H21N3O3S/c1-2-21(19,20)13-5-3-12(4-6-13)16-14(18)11-17-9-7-15-8-10-17/h3-6,15H,2,7-11H2,1H3,(H,16,18). The van der Waals surface area contributed by atoms with E-state index in [2.05, 4.69) is 15.5 Å². The molecule has 1 aromatic rings. The molecule has 0 aromatic heterocycles. The van der Waals surface area contributed by atoms with Crippen molar-refractivity contribution in [3.8, 4) is 0 Å². The lowest BCUT2D eigenvalue weighted by Gasteiger charge is -2.26. The normalized spacial score (nSPS) is 16.6. The number of carbonyl (C=O) groups excluding carboxylic acids is 1. The van der Waals surface area contributed by atoms with Crippen LogP contribution in [0.2, 0.25) is 0 Å². The molecule has 2 rings (SSSR count). The minimum Gasteiger partial charge on any atom is -0.325 e.